The number of para-hydroxylation sites is 2. The maximum Gasteiger partial charge on any atom is 0.244 e. The number of fused-ring (bicyclic) bond motifs is 1. The first kappa shape index (κ1) is 19.1. The number of rotatable bonds is 4. The van der Waals surface area contributed by atoms with Crippen molar-refractivity contribution in [1.82, 2.24) is 10.2 Å². The van der Waals surface area contributed by atoms with E-state index in [1.165, 1.54) is 5.69 Å². The Hall–Kier alpha value is -3.22. The van der Waals surface area contributed by atoms with Crippen molar-refractivity contribution < 1.29 is 9.53 Å². The summed E-state index contributed by atoms with van der Waals surface area (Å²) < 4.78 is 5.67. The molecule has 2 aliphatic heterocycles. The molecular formula is C22H27N5O2. The van der Waals surface area contributed by atoms with Gasteiger partial charge in [0, 0.05) is 43.9 Å². The zero-order valence-corrected chi connectivity index (χ0v) is 16.5. The Labute approximate surface area is 171 Å². The number of nitrogens with one attached hydrogen (secondary N) is 1. The lowest BCUT2D eigenvalue weighted by Crippen LogP contribution is -2.49. The number of benzene rings is 2. The third kappa shape index (κ3) is 4.62. The summed E-state index contributed by atoms with van der Waals surface area (Å²) in [6, 6.07) is 18.2. The van der Waals surface area contributed by atoms with Gasteiger partial charge in [0.05, 0.1) is 12.6 Å². The Morgan fingerprint density at radius 1 is 1.07 bits per heavy atom. The van der Waals surface area contributed by atoms with Crippen molar-refractivity contribution in [3.8, 4) is 5.75 Å². The van der Waals surface area contributed by atoms with Gasteiger partial charge in [-0.15, -0.1) is 0 Å². The number of ether oxygens (including phenoxy) is 1. The molecule has 0 saturated carbocycles. The molecule has 7 nitrogen and oxygen atoms in total. The van der Waals surface area contributed by atoms with Gasteiger partial charge in [-0.1, -0.05) is 36.4 Å². The van der Waals surface area contributed by atoms with Crippen LogP contribution in [0, 0.1) is 0 Å². The van der Waals surface area contributed by atoms with Gasteiger partial charge in [0.2, 0.25) is 5.91 Å². The van der Waals surface area contributed by atoms with E-state index in [-0.39, 0.29) is 18.5 Å². The predicted molar refractivity (Wildman–Crippen MR) is 114 cm³/mol. The van der Waals surface area contributed by atoms with Gasteiger partial charge >= 0.3 is 0 Å². The van der Waals surface area contributed by atoms with Gasteiger partial charge in [0.1, 0.15) is 12.3 Å². The van der Waals surface area contributed by atoms with Crippen molar-refractivity contribution >= 4 is 17.6 Å². The Bertz CT molecular complexity index is 863. The van der Waals surface area contributed by atoms with Crippen LogP contribution in [0.3, 0.4) is 0 Å². The van der Waals surface area contributed by atoms with Crippen molar-refractivity contribution in [2.24, 2.45) is 10.7 Å². The highest BCUT2D eigenvalue weighted by atomic mass is 16.5. The number of aliphatic imine (C=N–C) groups is 1. The predicted octanol–water partition coefficient (Wildman–Crippen LogP) is 1.76. The summed E-state index contributed by atoms with van der Waals surface area (Å²) in [5.41, 5.74) is 8.32. The number of anilines is 1. The monoisotopic (exact) mass is 393 g/mol. The van der Waals surface area contributed by atoms with Gasteiger partial charge < -0.3 is 25.6 Å². The van der Waals surface area contributed by atoms with E-state index in [1.54, 1.807) is 0 Å². The topological polar surface area (TPSA) is 83.2 Å². The molecule has 2 heterocycles. The second-order valence-corrected chi connectivity index (χ2v) is 7.28. The van der Waals surface area contributed by atoms with Crippen molar-refractivity contribution in [2.45, 2.75) is 12.5 Å². The first-order valence-corrected chi connectivity index (χ1v) is 10.1. The highest BCUT2D eigenvalue weighted by Crippen LogP contribution is 2.31. The molecule has 0 aromatic heterocycles. The fraction of sp³-hybridized carbons (Fsp3) is 0.364. The first-order chi connectivity index (χ1) is 14.2. The maximum absolute atomic E-state index is 12.5. The molecule has 1 atom stereocenters. The van der Waals surface area contributed by atoms with Crippen LogP contribution in [0.5, 0.6) is 5.75 Å². The van der Waals surface area contributed by atoms with Gasteiger partial charge in [-0.25, -0.2) is 4.99 Å². The summed E-state index contributed by atoms with van der Waals surface area (Å²) in [5, 5.41) is 3.23. The van der Waals surface area contributed by atoms with Crippen LogP contribution in [0.15, 0.2) is 59.6 Å². The Morgan fingerprint density at radius 3 is 2.59 bits per heavy atom. The van der Waals surface area contributed by atoms with E-state index in [2.05, 4.69) is 27.3 Å². The third-order valence-electron chi connectivity index (χ3n) is 5.42. The fourth-order valence-corrected chi connectivity index (χ4v) is 3.82. The second-order valence-electron chi connectivity index (χ2n) is 7.28. The number of amides is 1. The van der Waals surface area contributed by atoms with E-state index in [0.29, 0.717) is 25.7 Å². The van der Waals surface area contributed by atoms with Crippen LogP contribution < -0.4 is 20.7 Å². The molecule has 2 aromatic rings. The van der Waals surface area contributed by atoms with Crippen LogP contribution >= 0.6 is 0 Å². The van der Waals surface area contributed by atoms with Gasteiger partial charge in [-0.2, -0.15) is 0 Å². The molecule has 1 fully saturated rings. The SMILES string of the molecule is NC(=NCC(=O)N1CCN(c2ccccc2)CC1)NC1CCOc2ccccc21. The van der Waals surface area contributed by atoms with Crippen LogP contribution in [-0.2, 0) is 4.79 Å². The van der Waals surface area contributed by atoms with Crippen LogP contribution in [0.25, 0.3) is 0 Å². The zero-order valence-electron chi connectivity index (χ0n) is 16.5. The number of nitrogens with two attached hydrogens (primary N) is 1. The minimum atomic E-state index is 0.00911. The van der Waals surface area contributed by atoms with Crippen molar-refractivity contribution in [1.29, 1.82) is 0 Å². The molecule has 1 saturated heterocycles. The molecule has 4 rings (SSSR count). The molecule has 1 amide bonds. The van der Waals surface area contributed by atoms with Crippen LogP contribution in [0.2, 0.25) is 0 Å². The number of carbonyl (C=O) groups excluding carboxylic acids is 1. The standard InChI is InChI=1S/C22H27N5O2/c23-22(25-19-10-15-29-20-9-5-4-8-18(19)20)24-16-21(28)27-13-11-26(12-14-27)17-6-2-1-3-7-17/h1-9,19H,10-16H2,(H3,23,24,25). The fourth-order valence-electron chi connectivity index (χ4n) is 3.82. The molecule has 0 aliphatic carbocycles. The molecule has 0 spiro atoms. The maximum atomic E-state index is 12.5. The lowest BCUT2D eigenvalue weighted by Gasteiger charge is -2.36. The Balaban J connectivity index is 1.28. The number of hydrogen-bond donors (Lipinski definition) is 2. The number of piperazine rings is 1. The van der Waals surface area contributed by atoms with Crippen LogP contribution in [0.4, 0.5) is 5.69 Å². The van der Waals surface area contributed by atoms with E-state index >= 15 is 0 Å². The minimum absolute atomic E-state index is 0.00911. The van der Waals surface area contributed by atoms with Gasteiger partial charge in [0.25, 0.3) is 0 Å². The molecule has 152 valence electrons. The van der Waals surface area contributed by atoms with Crippen LogP contribution in [0.1, 0.15) is 18.0 Å². The number of guanidine groups is 1. The van der Waals surface area contributed by atoms with E-state index < -0.39 is 0 Å². The van der Waals surface area contributed by atoms with E-state index in [1.807, 2.05) is 47.4 Å². The molecular weight excluding hydrogens is 366 g/mol. The average molecular weight is 393 g/mol. The summed E-state index contributed by atoms with van der Waals surface area (Å²) >= 11 is 0. The molecule has 29 heavy (non-hydrogen) atoms. The summed E-state index contributed by atoms with van der Waals surface area (Å²) in [5.74, 6) is 1.18. The quantitative estimate of drug-likeness (QED) is 0.611. The van der Waals surface area contributed by atoms with Gasteiger partial charge in [-0.3, -0.25) is 4.79 Å². The highest BCUT2D eigenvalue weighted by molar-refractivity contribution is 5.84. The second kappa shape index (κ2) is 8.86. The summed E-state index contributed by atoms with van der Waals surface area (Å²) in [6.45, 7) is 3.74. The third-order valence-corrected chi connectivity index (χ3v) is 5.42. The molecule has 2 aromatic carbocycles. The lowest BCUT2D eigenvalue weighted by atomic mass is 10.0. The zero-order chi connectivity index (χ0) is 20.1. The Kier molecular flexibility index (Phi) is 5.84. The minimum Gasteiger partial charge on any atom is -0.493 e. The highest BCUT2D eigenvalue weighted by Gasteiger charge is 2.23. The lowest BCUT2D eigenvalue weighted by molar-refractivity contribution is -0.129. The molecule has 1 unspecified atom stereocenters. The van der Waals surface area contributed by atoms with Crippen LogP contribution in [-0.4, -0.2) is 56.1 Å². The molecule has 3 N–H and O–H groups in total. The number of hydrogen-bond acceptors (Lipinski definition) is 4. The molecule has 0 bridgehead atoms. The number of nitrogens with zero attached hydrogens (tertiary/aromatic N) is 3. The van der Waals surface area contributed by atoms with Gasteiger partial charge in [0.15, 0.2) is 5.96 Å². The molecule has 7 heteroatoms. The van der Waals surface area contributed by atoms with E-state index in [9.17, 15) is 4.79 Å². The molecule has 0 radical (unpaired) electrons. The van der Waals surface area contributed by atoms with Crippen molar-refractivity contribution in [3.05, 3.63) is 60.2 Å². The van der Waals surface area contributed by atoms with Gasteiger partial charge in [-0.05, 0) is 18.2 Å². The summed E-state index contributed by atoms with van der Waals surface area (Å²) in [7, 11) is 0. The smallest absolute Gasteiger partial charge is 0.244 e. The summed E-state index contributed by atoms with van der Waals surface area (Å²) in [4.78, 5) is 21.0. The normalized spacial score (nSPS) is 19.3. The Morgan fingerprint density at radius 2 is 1.79 bits per heavy atom. The van der Waals surface area contributed by atoms with E-state index in [0.717, 1.165) is 30.8 Å². The average Bonchev–Trinajstić information content (AvgIpc) is 2.78. The first-order valence-electron chi connectivity index (χ1n) is 10.1. The van der Waals surface area contributed by atoms with Crippen molar-refractivity contribution in [3.63, 3.8) is 0 Å². The largest absolute Gasteiger partial charge is 0.493 e. The van der Waals surface area contributed by atoms with Crippen molar-refractivity contribution in [2.75, 3.05) is 44.2 Å². The number of carbonyl (C=O) groups is 1. The molecule has 2 aliphatic rings. The summed E-state index contributed by atoms with van der Waals surface area (Å²) in [6.07, 6.45) is 0.808. The van der Waals surface area contributed by atoms with E-state index in [4.69, 9.17) is 10.5 Å².